The van der Waals surface area contributed by atoms with E-state index < -0.39 is 0 Å². The van der Waals surface area contributed by atoms with Crippen LogP contribution in [-0.4, -0.2) is 29.7 Å². The lowest BCUT2D eigenvalue weighted by Gasteiger charge is -2.45. The molecule has 3 nitrogen and oxygen atoms in total. The number of ether oxygens (including phenoxy) is 2. The molecule has 4 bridgehead atoms. The van der Waals surface area contributed by atoms with Crippen molar-refractivity contribution in [1.29, 1.82) is 0 Å². The molecule has 0 saturated heterocycles. The summed E-state index contributed by atoms with van der Waals surface area (Å²) >= 11 is 2.53. The molecule has 0 aromatic rings. The van der Waals surface area contributed by atoms with Crippen molar-refractivity contribution in [3.05, 3.63) is 0 Å². The molecule has 4 saturated carbocycles. The van der Waals surface area contributed by atoms with Crippen molar-refractivity contribution in [2.24, 2.45) is 17.3 Å². The number of esters is 1. The van der Waals surface area contributed by atoms with Crippen LogP contribution in [-0.2, 0) is 14.3 Å². The van der Waals surface area contributed by atoms with Gasteiger partial charge in [-0.3, -0.25) is 0 Å². The maximum absolute atomic E-state index is 11.2. The van der Waals surface area contributed by atoms with Gasteiger partial charge < -0.3 is 9.47 Å². The highest BCUT2D eigenvalue weighted by molar-refractivity contribution is 14.1. The fraction of sp³-hybridized carbons (Fsp3) is 0.923. The Kier molecular flexibility index (Phi) is 2.93. The topological polar surface area (TPSA) is 35.5 Å². The molecule has 0 N–H and O–H groups in total. The number of carbonyl (C=O) groups excluding carboxylic acids is 1. The predicted molar refractivity (Wildman–Crippen MR) is 72.1 cm³/mol. The molecule has 4 fully saturated rings. The lowest BCUT2D eigenvalue weighted by molar-refractivity contribution is -0.159. The Morgan fingerprint density at radius 2 is 1.94 bits per heavy atom. The van der Waals surface area contributed by atoms with Crippen molar-refractivity contribution in [2.45, 2.75) is 37.7 Å². The summed E-state index contributed by atoms with van der Waals surface area (Å²) in [5, 5.41) is 0. The molecule has 0 aromatic heterocycles. The van der Waals surface area contributed by atoms with Crippen LogP contribution >= 0.6 is 22.6 Å². The van der Waals surface area contributed by atoms with E-state index in [-0.39, 0.29) is 18.2 Å². The van der Waals surface area contributed by atoms with Gasteiger partial charge in [-0.2, -0.15) is 0 Å². The maximum atomic E-state index is 11.2. The first-order chi connectivity index (χ1) is 8.10. The highest BCUT2D eigenvalue weighted by atomic mass is 127. The van der Waals surface area contributed by atoms with E-state index in [0.29, 0.717) is 5.41 Å². The molecular weight excluding hydrogens is 331 g/mol. The number of halogens is 1. The highest BCUT2D eigenvalue weighted by Gasteiger charge is 2.62. The van der Waals surface area contributed by atoms with Crippen molar-refractivity contribution in [2.75, 3.05) is 18.1 Å². The Morgan fingerprint density at radius 3 is 2.47 bits per heavy atom. The van der Waals surface area contributed by atoms with Crippen LogP contribution in [0.2, 0.25) is 0 Å². The molecule has 0 aliphatic heterocycles. The van der Waals surface area contributed by atoms with Crippen LogP contribution in [0.5, 0.6) is 0 Å². The fourth-order valence-electron chi connectivity index (χ4n) is 4.61. The Balaban J connectivity index is 1.71. The van der Waals surface area contributed by atoms with Crippen molar-refractivity contribution in [3.63, 3.8) is 0 Å². The van der Waals surface area contributed by atoms with Crippen LogP contribution in [0, 0.1) is 17.3 Å². The van der Waals surface area contributed by atoms with Crippen LogP contribution in [0.1, 0.15) is 32.1 Å². The third kappa shape index (κ3) is 1.91. The minimum atomic E-state index is -0.245. The third-order valence-corrected chi connectivity index (χ3v) is 6.65. The maximum Gasteiger partial charge on any atom is 0.331 e. The van der Waals surface area contributed by atoms with E-state index in [1.807, 2.05) is 0 Å². The van der Waals surface area contributed by atoms with Gasteiger partial charge in [0, 0.05) is 4.43 Å². The zero-order valence-electron chi connectivity index (χ0n) is 10.2. The van der Waals surface area contributed by atoms with Gasteiger partial charge in [0.25, 0.3) is 0 Å². The largest absolute Gasteiger partial charge is 0.467 e. The van der Waals surface area contributed by atoms with Gasteiger partial charge in [-0.15, -0.1) is 0 Å². The van der Waals surface area contributed by atoms with Gasteiger partial charge in [0.15, 0.2) is 0 Å². The summed E-state index contributed by atoms with van der Waals surface area (Å²) in [6.07, 6.45) is 6.29. The molecule has 0 radical (unpaired) electrons. The molecule has 0 heterocycles. The summed E-state index contributed by atoms with van der Waals surface area (Å²) in [5.74, 6) is 1.47. The first-order valence-corrected chi connectivity index (χ1v) is 7.90. The van der Waals surface area contributed by atoms with Crippen LogP contribution in [0.3, 0.4) is 0 Å². The minimum absolute atomic E-state index is 0.00515. The predicted octanol–water partition coefficient (Wildman–Crippen LogP) is 2.56. The first-order valence-electron chi connectivity index (χ1n) is 6.37. The second kappa shape index (κ2) is 4.08. The molecule has 4 aliphatic rings. The van der Waals surface area contributed by atoms with E-state index >= 15 is 0 Å². The monoisotopic (exact) mass is 350 g/mol. The number of carbonyl (C=O) groups is 1. The van der Waals surface area contributed by atoms with Crippen molar-refractivity contribution in [3.8, 4) is 0 Å². The van der Waals surface area contributed by atoms with Gasteiger partial charge in [0.2, 0.25) is 0 Å². The van der Waals surface area contributed by atoms with E-state index in [4.69, 9.17) is 4.74 Å². The average Bonchev–Trinajstić information content (AvgIpc) is 2.73. The molecule has 96 valence electrons. The molecular formula is C13H19IO3. The molecule has 0 amide bonds. The van der Waals surface area contributed by atoms with Gasteiger partial charge in [-0.25, -0.2) is 4.79 Å². The number of methoxy groups -OCH3 is 1. The Hall–Kier alpha value is 0.160. The molecule has 4 heteroatoms. The summed E-state index contributed by atoms with van der Waals surface area (Å²) in [6, 6.07) is 0. The lowest BCUT2D eigenvalue weighted by Crippen LogP contribution is -2.44. The SMILES string of the molecule is COC(=O)COC12CC3CC(CI)(CC3C1)C2. The van der Waals surface area contributed by atoms with E-state index in [9.17, 15) is 4.79 Å². The fourth-order valence-corrected chi connectivity index (χ4v) is 5.51. The number of hydrogen-bond donors (Lipinski definition) is 0. The van der Waals surface area contributed by atoms with Crippen LogP contribution in [0.25, 0.3) is 0 Å². The number of hydrogen-bond acceptors (Lipinski definition) is 3. The molecule has 4 rings (SSSR count). The quantitative estimate of drug-likeness (QED) is 0.444. The van der Waals surface area contributed by atoms with E-state index in [1.165, 1.54) is 37.2 Å². The molecule has 0 aromatic carbocycles. The van der Waals surface area contributed by atoms with Crippen LogP contribution in [0.15, 0.2) is 0 Å². The smallest absolute Gasteiger partial charge is 0.331 e. The number of alkyl halides is 1. The van der Waals surface area contributed by atoms with Crippen molar-refractivity contribution >= 4 is 28.6 Å². The van der Waals surface area contributed by atoms with E-state index in [0.717, 1.165) is 18.3 Å². The van der Waals surface area contributed by atoms with Crippen molar-refractivity contribution in [1.82, 2.24) is 0 Å². The second-order valence-electron chi connectivity index (χ2n) is 6.19. The summed E-state index contributed by atoms with van der Waals surface area (Å²) < 4.78 is 11.9. The normalized spacial score (nSPS) is 46.5. The Labute approximate surface area is 116 Å². The van der Waals surface area contributed by atoms with Crippen molar-refractivity contribution < 1.29 is 14.3 Å². The molecule has 0 spiro atoms. The van der Waals surface area contributed by atoms with Gasteiger partial charge in [-0.1, -0.05) is 22.6 Å². The molecule has 2 atom stereocenters. The highest BCUT2D eigenvalue weighted by Crippen LogP contribution is 2.67. The van der Waals surface area contributed by atoms with E-state index in [1.54, 1.807) is 0 Å². The Bertz CT molecular complexity index is 328. The van der Waals surface area contributed by atoms with Crippen LogP contribution < -0.4 is 0 Å². The summed E-state index contributed by atoms with van der Waals surface area (Å²) in [7, 11) is 1.42. The van der Waals surface area contributed by atoms with Gasteiger partial charge in [0.05, 0.1) is 12.7 Å². The van der Waals surface area contributed by atoms with Gasteiger partial charge in [-0.05, 0) is 49.4 Å². The Morgan fingerprint density at radius 1 is 1.29 bits per heavy atom. The summed E-state index contributed by atoms with van der Waals surface area (Å²) in [5.41, 5.74) is 0.522. The molecule has 4 aliphatic carbocycles. The van der Waals surface area contributed by atoms with Crippen LogP contribution in [0.4, 0.5) is 0 Å². The zero-order chi connectivity index (χ0) is 12.1. The molecule has 17 heavy (non-hydrogen) atoms. The zero-order valence-corrected chi connectivity index (χ0v) is 12.4. The third-order valence-electron chi connectivity index (χ3n) is 5.03. The van der Waals surface area contributed by atoms with Gasteiger partial charge in [0.1, 0.15) is 6.61 Å². The average molecular weight is 350 g/mol. The number of rotatable bonds is 4. The second-order valence-corrected chi connectivity index (χ2v) is 6.96. The minimum Gasteiger partial charge on any atom is -0.467 e. The first kappa shape index (κ1) is 12.2. The summed E-state index contributed by atoms with van der Waals surface area (Å²) in [4.78, 5) is 11.2. The molecule has 2 unspecified atom stereocenters. The standard InChI is InChI=1S/C13H19IO3/c1-16-11(15)6-17-13-4-9-2-12(7-13,8-14)3-10(9)5-13/h9-10H,2-8H2,1H3. The van der Waals surface area contributed by atoms with E-state index in [2.05, 4.69) is 27.3 Å². The van der Waals surface area contributed by atoms with Gasteiger partial charge >= 0.3 is 5.97 Å². The summed E-state index contributed by atoms with van der Waals surface area (Å²) in [6.45, 7) is 0.132. The lowest BCUT2D eigenvalue weighted by atomic mass is 9.68.